The lowest BCUT2D eigenvalue weighted by Gasteiger charge is -2.16. The highest BCUT2D eigenvalue weighted by molar-refractivity contribution is 5.29. The van der Waals surface area contributed by atoms with Gasteiger partial charge in [-0.3, -0.25) is 9.88 Å². The van der Waals surface area contributed by atoms with E-state index in [1.54, 1.807) is 18.5 Å². The maximum absolute atomic E-state index is 13.8. The van der Waals surface area contributed by atoms with Crippen LogP contribution in [0.25, 0.3) is 0 Å². The molecule has 4 nitrogen and oxygen atoms in total. The first-order chi connectivity index (χ1) is 11.2. The fourth-order valence-electron chi connectivity index (χ4n) is 3.16. The number of ether oxygens (including phenoxy) is 1. The predicted octanol–water partition coefficient (Wildman–Crippen LogP) is 2.26. The van der Waals surface area contributed by atoms with Crippen LogP contribution in [0.4, 0.5) is 4.39 Å². The average molecular weight is 316 g/mol. The largest absolute Gasteiger partial charge is 0.494 e. The first kappa shape index (κ1) is 15.9. The number of pyridine rings is 1. The van der Waals surface area contributed by atoms with E-state index in [-0.39, 0.29) is 23.6 Å². The molecule has 0 radical (unpaired) electrons. The molecule has 0 aliphatic carbocycles. The van der Waals surface area contributed by atoms with Gasteiger partial charge in [-0.2, -0.15) is 0 Å². The maximum Gasteiger partial charge on any atom is 0.165 e. The van der Waals surface area contributed by atoms with Crippen molar-refractivity contribution in [2.24, 2.45) is 5.92 Å². The molecule has 0 bridgehead atoms. The fraction of sp³-hybridized carbons (Fsp3) is 0.389. The summed E-state index contributed by atoms with van der Waals surface area (Å²) >= 11 is 0. The molecule has 2 atom stereocenters. The summed E-state index contributed by atoms with van der Waals surface area (Å²) in [6.45, 7) is 2.05. The van der Waals surface area contributed by atoms with Crippen LogP contribution in [0, 0.1) is 11.7 Å². The third-order valence-electron chi connectivity index (χ3n) is 4.35. The lowest BCUT2D eigenvalue weighted by molar-refractivity contribution is 0.141. The number of aliphatic hydroxyl groups excluding tert-OH is 1. The Balaban J connectivity index is 1.61. The normalized spacial score (nSPS) is 21.5. The van der Waals surface area contributed by atoms with Crippen molar-refractivity contribution in [1.29, 1.82) is 0 Å². The smallest absolute Gasteiger partial charge is 0.165 e. The fourth-order valence-corrected chi connectivity index (χ4v) is 3.16. The van der Waals surface area contributed by atoms with Crippen molar-refractivity contribution < 1.29 is 14.2 Å². The van der Waals surface area contributed by atoms with Crippen molar-refractivity contribution in [3.8, 4) is 5.75 Å². The minimum atomic E-state index is -0.355. The van der Waals surface area contributed by atoms with E-state index in [1.165, 1.54) is 18.7 Å². The second kappa shape index (κ2) is 7.06. The Morgan fingerprint density at radius 1 is 1.22 bits per heavy atom. The Hall–Kier alpha value is -1.98. The van der Waals surface area contributed by atoms with Crippen LogP contribution >= 0.6 is 0 Å². The van der Waals surface area contributed by atoms with Gasteiger partial charge < -0.3 is 9.84 Å². The second-order valence-electron chi connectivity index (χ2n) is 6.05. The molecule has 122 valence electrons. The summed E-state index contributed by atoms with van der Waals surface area (Å²) < 4.78 is 18.7. The van der Waals surface area contributed by atoms with Gasteiger partial charge in [-0.1, -0.05) is 6.07 Å². The van der Waals surface area contributed by atoms with Crippen molar-refractivity contribution in [3.63, 3.8) is 0 Å². The zero-order valence-electron chi connectivity index (χ0n) is 13.2. The highest BCUT2D eigenvalue weighted by Crippen LogP contribution is 2.24. The number of rotatable bonds is 5. The zero-order valence-corrected chi connectivity index (χ0v) is 13.2. The molecule has 2 aromatic rings. The Morgan fingerprint density at radius 2 is 2.00 bits per heavy atom. The van der Waals surface area contributed by atoms with Gasteiger partial charge >= 0.3 is 0 Å². The Morgan fingerprint density at radius 3 is 2.70 bits per heavy atom. The van der Waals surface area contributed by atoms with Gasteiger partial charge in [0.15, 0.2) is 11.6 Å². The summed E-state index contributed by atoms with van der Waals surface area (Å²) in [6, 6.07) is 8.97. The number of aliphatic hydroxyl groups is 1. The van der Waals surface area contributed by atoms with Crippen molar-refractivity contribution in [3.05, 3.63) is 59.7 Å². The number of nitrogens with zero attached hydrogens (tertiary/aromatic N) is 2. The van der Waals surface area contributed by atoms with Gasteiger partial charge in [0.05, 0.1) is 13.2 Å². The molecule has 2 heterocycles. The minimum Gasteiger partial charge on any atom is -0.494 e. The summed E-state index contributed by atoms with van der Waals surface area (Å²) in [5.74, 6) is 0.101. The molecule has 0 spiro atoms. The number of hydrogen-bond acceptors (Lipinski definition) is 4. The molecule has 1 saturated heterocycles. The van der Waals surface area contributed by atoms with Crippen molar-refractivity contribution in [1.82, 2.24) is 9.88 Å². The van der Waals surface area contributed by atoms with Crippen LogP contribution in [-0.2, 0) is 13.0 Å². The minimum absolute atomic E-state index is 0.195. The number of β-amino-alcohol motifs (C(OH)–C–C–N with tert-alkyl or cyclic N) is 1. The summed E-state index contributed by atoms with van der Waals surface area (Å²) in [4.78, 5) is 6.18. The second-order valence-corrected chi connectivity index (χ2v) is 6.05. The molecule has 1 N–H and O–H groups in total. The van der Waals surface area contributed by atoms with Gasteiger partial charge in [-0.15, -0.1) is 0 Å². The van der Waals surface area contributed by atoms with Gasteiger partial charge in [0.2, 0.25) is 0 Å². The van der Waals surface area contributed by atoms with Gasteiger partial charge in [0.1, 0.15) is 0 Å². The van der Waals surface area contributed by atoms with Crippen LogP contribution in [0.5, 0.6) is 5.75 Å². The summed E-state index contributed by atoms with van der Waals surface area (Å²) in [7, 11) is 1.46. The summed E-state index contributed by atoms with van der Waals surface area (Å²) in [6.07, 6.45) is 4.02. The lowest BCUT2D eigenvalue weighted by atomic mass is 9.97. The van der Waals surface area contributed by atoms with Gasteiger partial charge in [-0.25, -0.2) is 4.39 Å². The lowest BCUT2D eigenvalue weighted by Crippen LogP contribution is -2.21. The van der Waals surface area contributed by atoms with E-state index in [1.807, 2.05) is 18.2 Å². The number of methoxy groups -OCH3 is 1. The molecular weight excluding hydrogens is 295 g/mol. The monoisotopic (exact) mass is 316 g/mol. The zero-order chi connectivity index (χ0) is 16.2. The molecule has 1 aromatic heterocycles. The molecule has 3 rings (SSSR count). The van der Waals surface area contributed by atoms with Gasteiger partial charge in [0, 0.05) is 37.9 Å². The molecule has 0 saturated carbocycles. The third kappa shape index (κ3) is 3.86. The Labute approximate surface area is 135 Å². The molecular formula is C18H21FN2O2. The molecule has 23 heavy (non-hydrogen) atoms. The van der Waals surface area contributed by atoms with Crippen LogP contribution in [0.1, 0.15) is 11.1 Å². The SMILES string of the molecule is COc1ccc(CN2C[C@@H](Cc3ccncc3)[C@H](O)C2)cc1F. The van der Waals surface area contributed by atoms with E-state index in [0.29, 0.717) is 13.1 Å². The van der Waals surface area contributed by atoms with Crippen LogP contribution in [0.3, 0.4) is 0 Å². The molecule has 1 fully saturated rings. The van der Waals surface area contributed by atoms with E-state index in [9.17, 15) is 9.50 Å². The van der Waals surface area contributed by atoms with Crippen LogP contribution in [0.15, 0.2) is 42.7 Å². The Kier molecular flexibility index (Phi) is 4.88. The highest BCUT2D eigenvalue weighted by atomic mass is 19.1. The Bertz CT molecular complexity index is 651. The van der Waals surface area contributed by atoms with Gasteiger partial charge in [-0.05, 0) is 41.8 Å². The predicted molar refractivity (Wildman–Crippen MR) is 85.7 cm³/mol. The molecule has 1 aliphatic heterocycles. The van der Waals surface area contributed by atoms with E-state index in [0.717, 1.165) is 18.5 Å². The first-order valence-electron chi connectivity index (χ1n) is 7.77. The molecule has 0 amide bonds. The number of hydrogen-bond donors (Lipinski definition) is 1. The van der Waals surface area contributed by atoms with Crippen molar-refractivity contribution in [2.45, 2.75) is 19.1 Å². The topological polar surface area (TPSA) is 45.6 Å². The number of benzene rings is 1. The molecule has 1 aromatic carbocycles. The first-order valence-corrected chi connectivity index (χ1v) is 7.77. The van der Waals surface area contributed by atoms with Crippen molar-refractivity contribution >= 4 is 0 Å². The van der Waals surface area contributed by atoms with Crippen LogP contribution in [-0.4, -0.2) is 41.3 Å². The molecule has 0 unspecified atom stereocenters. The summed E-state index contributed by atoms with van der Waals surface area (Å²) in [5, 5.41) is 10.3. The van der Waals surface area contributed by atoms with E-state index >= 15 is 0 Å². The number of aromatic nitrogens is 1. The van der Waals surface area contributed by atoms with E-state index < -0.39 is 0 Å². The highest BCUT2D eigenvalue weighted by Gasteiger charge is 2.31. The maximum atomic E-state index is 13.8. The third-order valence-corrected chi connectivity index (χ3v) is 4.35. The van der Waals surface area contributed by atoms with Gasteiger partial charge in [0.25, 0.3) is 0 Å². The molecule has 1 aliphatic rings. The van der Waals surface area contributed by atoms with E-state index in [4.69, 9.17) is 4.74 Å². The summed E-state index contributed by atoms with van der Waals surface area (Å²) in [5.41, 5.74) is 2.07. The standard InChI is InChI=1S/C18H21FN2O2/c1-23-18-3-2-14(9-16(18)19)10-21-11-15(17(22)12-21)8-13-4-6-20-7-5-13/h2-7,9,15,17,22H,8,10-12H2,1H3/t15-,17-/m1/s1. The van der Waals surface area contributed by atoms with Crippen LogP contribution < -0.4 is 4.74 Å². The molecule has 5 heteroatoms. The quantitative estimate of drug-likeness (QED) is 0.919. The number of halogens is 1. The van der Waals surface area contributed by atoms with E-state index in [2.05, 4.69) is 9.88 Å². The van der Waals surface area contributed by atoms with Crippen molar-refractivity contribution in [2.75, 3.05) is 20.2 Å². The average Bonchev–Trinajstić information content (AvgIpc) is 2.88. The van der Waals surface area contributed by atoms with Crippen LogP contribution in [0.2, 0.25) is 0 Å². The number of likely N-dealkylation sites (tertiary alicyclic amines) is 1.